The highest BCUT2D eigenvalue weighted by atomic mass is 19.4. The first-order chi connectivity index (χ1) is 16.5. The van der Waals surface area contributed by atoms with E-state index in [1.54, 1.807) is 0 Å². The molecule has 0 saturated carbocycles. The number of fused-ring (bicyclic) bond motifs is 6. The van der Waals surface area contributed by atoms with E-state index in [0.29, 0.717) is 0 Å². The van der Waals surface area contributed by atoms with Crippen molar-refractivity contribution in [3.8, 4) is 11.4 Å². The summed E-state index contributed by atoms with van der Waals surface area (Å²) in [6.45, 7) is 0. The molecule has 5 aromatic rings. The van der Waals surface area contributed by atoms with Gasteiger partial charge >= 0.3 is 24.1 Å². The van der Waals surface area contributed by atoms with E-state index in [9.17, 15) is 42.9 Å². The van der Waals surface area contributed by atoms with Crippen LogP contribution in [0, 0.1) is 0 Å². The normalized spacial score (nSPS) is 12.0. The van der Waals surface area contributed by atoms with Gasteiger partial charge in [0.05, 0.1) is 22.2 Å². The van der Waals surface area contributed by atoms with Crippen molar-refractivity contribution in [1.82, 2.24) is 19.9 Å². The van der Waals surface area contributed by atoms with Gasteiger partial charge in [0.2, 0.25) is 0 Å². The van der Waals surface area contributed by atoms with Crippen LogP contribution in [0.25, 0.3) is 44.2 Å². The first-order valence-corrected chi connectivity index (χ1v) is 9.72. The zero-order valence-electron chi connectivity index (χ0n) is 17.1. The maximum atomic E-state index is 12.9. The maximum Gasteiger partial charge on any atom is 0.416 e. The van der Waals surface area contributed by atoms with E-state index in [1.807, 2.05) is 0 Å². The third kappa shape index (κ3) is 3.40. The van der Waals surface area contributed by atoms with E-state index in [2.05, 4.69) is 19.9 Å². The molecule has 2 aromatic carbocycles. The second-order valence-electron chi connectivity index (χ2n) is 7.55. The van der Waals surface area contributed by atoms with Crippen molar-refractivity contribution >= 4 is 50.7 Å². The minimum Gasteiger partial charge on any atom is -0.478 e. The molecule has 0 bridgehead atoms. The predicted molar refractivity (Wildman–Crippen MR) is 115 cm³/mol. The Kier molecular flexibility index (Phi) is 4.55. The van der Waals surface area contributed by atoms with E-state index in [-0.39, 0.29) is 49.9 Å². The Bertz CT molecular complexity index is 1720. The topological polar surface area (TPSA) is 169 Å². The minimum absolute atomic E-state index is 0.0175. The molecule has 3 heterocycles. The molecule has 0 aliphatic carbocycles. The molecule has 5 rings (SSSR count). The molecule has 0 atom stereocenters. The van der Waals surface area contributed by atoms with Gasteiger partial charge in [-0.25, -0.2) is 24.4 Å². The molecule has 3 aromatic heterocycles. The first kappa shape index (κ1) is 21.9. The maximum absolute atomic E-state index is 12.9. The van der Waals surface area contributed by atoms with E-state index in [1.165, 1.54) is 6.07 Å². The number of H-pyrrole nitrogens is 2. The van der Waals surface area contributed by atoms with Crippen LogP contribution in [-0.2, 0) is 6.18 Å². The number of nitrogens with one attached hydrogen (secondary N) is 2. The number of hydrogen-bond donors (Lipinski definition) is 5. The molecule has 10 nitrogen and oxygen atoms in total. The number of nitrogens with zero attached hydrogens (tertiary/aromatic N) is 2. The third-order valence-corrected chi connectivity index (χ3v) is 5.45. The number of carboxylic acid groups (broad SMARTS) is 3. The van der Waals surface area contributed by atoms with Gasteiger partial charge in [0, 0.05) is 16.3 Å². The summed E-state index contributed by atoms with van der Waals surface area (Å²) >= 11 is 0. The summed E-state index contributed by atoms with van der Waals surface area (Å²) < 4.78 is 38.8. The van der Waals surface area contributed by atoms with Crippen molar-refractivity contribution < 1.29 is 42.9 Å². The lowest BCUT2D eigenvalue weighted by atomic mass is 10.0. The van der Waals surface area contributed by atoms with Crippen LogP contribution >= 0.6 is 0 Å². The second kappa shape index (κ2) is 7.28. The van der Waals surface area contributed by atoms with E-state index < -0.39 is 40.9 Å². The average Bonchev–Trinajstić information content (AvgIpc) is 3.43. The van der Waals surface area contributed by atoms with Gasteiger partial charge in [-0.05, 0) is 24.3 Å². The highest BCUT2D eigenvalue weighted by molar-refractivity contribution is 6.26. The molecular formula is C22H11F3N4O6. The zero-order chi connectivity index (χ0) is 25.2. The van der Waals surface area contributed by atoms with Crippen molar-refractivity contribution in [3.05, 3.63) is 58.9 Å². The summed E-state index contributed by atoms with van der Waals surface area (Å²) in [5.41, 5.74) is -1.73. The van der Waals surface area contributed by atoms with Gasteiger partial charge in [-0.1, -0.05) is 12.1 Å². The lowest BCUT2D eigenvalue weighted by Gasteiger charge is -2.08. The Morgan fingerprint density at radius 1 is 0.771 bits per heavy atom. The van der Waals surface area contributed by atoms with Gasteiger partial charge < -0.3 is 25.3 Å². The quantitative estimate of drug-likeness (QED) is 0.250. The van der Waals surface area contributed by atoms with Gasteiger partial charge in [0.25, 0.3) is 0 Å². The van der Waals surface area contributed by atoms with E-state index in [0.717, 1.165) is 30.3 Å². The number of aromatic amines is 2. The SMILES string of the molecule is O=C(O)c1cc2c3nc(-c4ccc(C(F)(F)F)cc4)nc3c3[nH]c(C(=O)O)cc(C(=O)O)c3c2[nH]1. The van der Waals surface area contributed by atoms with Crippen LogP contribution in [0.2, 0.25) is 0 Å². The Morgan fingerprint density at radius 2 is 1.34 bits per heavy atom. The van der Waals surface area contributed by atoms with Gasteiger partial charge in [-0.3, -0.25) is 0 Å². The number of rotatable bonds is 4. The molecule has 35 heavy (non-hydrogen) atoms. The largest absolute Gasteiger partial charge is 0.478 e. The molecule has 0 saturated heterocycles. The Balaban J connectivity index is 1.90. The number of carboxylic acids is 3. The highest BCUT2D eigenvalue weighted by Gasteiger charge is 2.30. The number of alkyl halides is 3. The van der Waals surface area contributed by atoms with Crippen LogP contribution in [0.1, 0.15) is 36.9 Å². The van der Waals surface area contributed by atoms with Crippen LogP contribution in [0.15, 0.2) is 36.4 Å². The number of halogens is 3. The summed E-state index contributed by atoms with van der Waals surface area (Å²) in [4.78, 5) is 49.1. The zero-order valence-corrected chi connectivity index (χ0v) is 17.1. The Morgan fingerprint density at radius 3 is 1.91 bits per heavy atom. The smallest absolute Gasteiger partial charge is 0.416 e. The van der Waals surface area contributed by atoms with Crippen molar-refractivity contribution in [1.29, 1.82) is 0 Å². The standard InChI is InChI=1S/C22H11F3N4O6/c23-22(24,25)8-3-1-7(2-4-8)18-28-15-10-6-12(21(34)35)26-14(10)13-9(19(30)31)5-11(20(32)33)27-16(13)17(15)29-18/h1-6,26-27H,(H,30,31)(H,32,33)(H,34,35). The third-order valence-electron chi connectivity index (χ3n) is 5.45. The molecule has 0 radical (unpaired) electrons. The first-order valence-electron chi connectivity index (χ1n) is 9.72. The van der Waals surface area contributed by atoms with Crippen molar-refractivity contribution in [2.24, 2.45) is 0 Å². The van der Waals surface area contributed by atoms with Crippen LogP contribution in [0.3, 0.4) is 0 Å². The summed E-state index contributed by atoms with van der Waals surface area (Å²) in [5, 5.41) is 28.8. The van der Waals surface area contributed by atoms with E-state index >= 15 is 0 Å². The molecule has 0 fully saturated rings. The molecule has 13 heteroatoms. The summed E-state index contributed by atoms with van der Waals surface area (Å²) in [6.07, 6.45) is -4.55. The molecule has 0 unspecified atom stereocenters. The molecule has 0 aliphatic rings. The van der Waals surface area contributed by atoms with Crippen LogP contribution in [-0.4, -0.2) is 53.2 Å². The van der Waals surface area contributed by atoms with Gasteiger partial charge in [0.15, 0.2) is 5.82 Å². The molecule has 0 amide bonds. The number of carbonyl (C=O) groups is 3. The fourth-order valence-electron chi connectivity index (χ4n) is 3.90. The van der Waals surface area contributed by atoms with Crippen molar-refractivity contribution in [2.45, 2.75) is 6.18 Å². The molecule has 0 aliphatic heterocycles. The molecular weight excluding hydrogens is 473 g/mol. The number of aromatic nitrogens is 4. The number of pyridine rings is 1. The fraction of sp³-hybridized carbons (Fsp3) is 0.0455. The summed E-state index contributed by atoms with van der Waals surface area (Å²) in [6, 6.07) is 6.13. The predicted octanol–water partition coefficient (Wildman–Crippen LogP) is 4.37. The Hall–Kier alpha value is -4.94. The fourth-order valence-corrected chi connectivity index (χ4v) is 3.90. The average molecular weight is 484 g/mol. The van der Waals surface area contributed by atoms with Crippen molar-refractivity contribution in [3.63, 3.8) is 0 Å². The monoisotopic (exact) mass is 484 g/mol. The number of hydrogen-bond acceptors (Lipinski definition) is 5. The van der Waals surface area contributed by atoms with Crippen LogP contribution in [0.4, 0.5) is 13.2 Å². The van der Waals surface area contributed by atoms with Gasteiger partial charge in [-0.15, -0.1) is 0 Å². The number of aromatic carboxylic acids is 3. The highest BCUT2D eigenvalue weighted by Crippen LogP contribution is 2.37. The molecule has 5 N–H and O–H groups in total. The van der Waals surface area contributed by atoms with Crippen LogP contribution in [0.5, 0.6) is 0 Å². The van der Waals surface area contributed by atoms with Gasteiger partial charge in [0.1, 0.15) is 22.4 Å². The lowest BCUT2D eigenvalue weighted by Crippen LogP contribution is -2.07. The number of benzene rings is 2. The van der Waals surface area contributed by atoms with Crippen molar-refractivity contribution in [2.75, 3.05) is 0 Å². The van der Waals surface area contributed by atoms with Gasteiger partial charge in [-0.2, -0.15) is 13.2 Å². The lowest BCUT2D eigenvalue weighted by molar-refractivity contribution is -0.137. The van der Waals surface area contributed by atoms with E-state index in [4.69, 9.17) is 0 Å². The molecule has 176 valence electrons. The second-order valence-corrected chi connectivity index (χ2v) is 7.55. The summed E-state index contributed by atoms with van der Waals surface area (Å²) in [5.74, 6) is -4.29. The van der Waals surface area contributed by atoms with Crippen LogP contribution < -0.4 is 0 Å². The Labute approximate surface area is 190 Å². The minimum atomic E-state index is -4.55. The molecule has 0 spiro atoms. The number of imidazole rings is 1. The summed E-state index contributed by atoms with van der Waals surface area (Å²) in [7, 11) is 0.